The van der Waals surface area contributed by atoms with Crippen molar-refractivity contribution in [2.75, 3.05) is 0 Å². The van der Waals surface area contributed by atoms with Crippen LogP contribution in [0.1, 0.15) is 48.4 Å². The fourth-order valence-electron chi connectivity index (χ4n) is 2.83. The zero-order valence-corrected chi connectivity index (χ0v) is 11.9. The molecule has 3 heteroatoms. The lowest BCUT2D eigenvalue weighted by Crippen LogP contribution is -2.22. The van der Waals surface area contributed by atoms with E-state index in [4.69, 9.17) is 9.78 Å². The van der Waals surface area contributed by atoms with Crippen LogP contribution in [0.5, 0.6) is 0 Å². The Bertz CT molecular complexity index is 659. The quantitative estimate of drug-likeness (QED) is 0.833. The van der Waals surface area contributed by atoms with Crippen molar-refractivity contribution in [1.82, 2.24) is 5.16 Å². The number of rotatable bonds is 2. The first-order valence-corrected chi connectivity index (χ1v) is 7.03. The van der Waals surface area contributed by atoms with Crippen molar-refractivity contribution in [2.24, 2.45) is 5.41 Å². The molecule has 2 aromatic rings. The smallest absolute Gasteiger partial charge is 0.144 e. The summed E-state index contributed by atoms with van der Waals surface area (Å²) in [5.74, 6) is 0.986. The molecule has 3 rings (SSSR count). The molecule has 0 saturated carbocycles. The average Bonchev–Trinajstić information content (AvgIpc) is 2.80. The Balaban J connectivity index is 1.82. The van der Waals surface area contributed by atoms with E-state index in [1.165, 1.54) is 12.0 Å². The Kier molecular flexibility index (Phi) is 3.10. The highest BCUT2D eigenvalue weighted by atomic mass is 16.5. The maximum absolute atomic E-state index is 8.81. The Morgan fingerprint density at radius 1 is 1.30 bits per heavy atom. The maximum Gasteiger partial charge on any atom is 0.144 e. The predicted octanol–water partition coefficient (Wildman–Crippen LogP) is 3.65. The molecule has 0 bridgehead atoms. The summed E-state index contributed by atoms with van der Waals surface area (Å²) >= 11 is 0. The summed E-state index contributed by atoms with van der Waals surface area (Å²) in [6.07, 6.45) is 3.99. The summed E-state index contributed by atoms with van der Waals surface area (Å²) < 4.78 is 5.56. The minimum Gasteiger partial charge on any atom is -0.360 e. The number of hydrogen-bond acceptors (Lipinski definition) is 3. The lowest BCUT2D eigenvalue weighted by atomic mass is 9.76. The van der Waals surface area contributed by atoms with Crippen molar-refractivity contribution in [1.29, 1.82) is 5.26 Å². The van der Waals surface area contributed by atoms with Gasteiger partial charge in [-0.1, -0.05) is 31.1 Å². The number of benzene rings is 1. The van der Waals surface area contributed by atoms with Gasteiger partial charge in [0.2, 0.25) is 0 Å². The van der Waals surface area contributed by atoms with Gasteiger partial charge >= 0.3 is 0 Å². The molecule has 0 N–H and O–H groups in total. The van der Waals surface area contributed by atoms with Crippen LogP contribution in [0.25, 0.3) is 0 Å². The average molecular weight is 266 g/mol. The Morgan fingerprint density at radius 3 is 2.75 bits per heavy atom. The largest absolute Gasteiger partial charge is 0.360 e. The fourth-order valence-corrected chi connectivity index (χ4v) is 2.83. The molecule has 1 aliphatic rings. The van der Waals surface area contributed by atoms with E-state index in [1.807, 2.05) is 24.3 Å². The molecule has 0 fully saturated rings. The molecular weight excluding hydrogens is 248 g/mol. The van der Waals surface area contributed by atoms with E-state index < -0.39 is 0 Å². The highest BCUT2D eigenvalue weighted by Crippen LogP contribution is 2.36. The highest BCUT2D eigenvalue weighted by molar-refractivity contribution is 5.35. The number of hydrogen-bond donors (Lipinski definition) is 0. The van der Waals surface area contributed by atoms with Gasteiger partial charge in [-0.15, -0.1) is 0 Å². The number of nitriles is 1. The van der Waals surface area contributed by atoms with E-state index in [9.17, 15) is 0 Å². The second-order valence-corrected chi connectivity index (χ2v) is 6.36. The molecule has 1 aromatic heterocycles. The van der Waals surface area contributed by atoms with Crippen LogP contribution in [-0.2, 0) is 19.3 Å². The summed E-state index contributed by atoms with van der Waals surface area (Å²) in [5.41, 5.74) is 4.61. The lowest BCUT2D eigenvalue weighted by molar-refractivity contribution is 0.306. The van der Waals surface area contributed by atoms with Gasteiger partial charge in [-0.25, -0.2) is 0 Å². The third kappa shape index (κ3) is 2.46. The van der Waals surface area contributed by atoms with Crippen LogP contribution in [0, 0.1) is 16.7 Å². The van der Waals surface area contributed by atoms with Gasteiger partial charge in [0.05, 0.1) is 17.3 Å². The third-order valence-electron chi connectivity index (χ3n) is 4.10. The summed E-state index contributed by atoms with van der Waals surface area (Å²) in [4.78, 5) is 0. The van der Waals surface area contributed by atoms with Crippen molar-refractivity contribution < 1.29 is 4.52 Å². The first kappa shape index (κ1) is 12.9. The van der Waals surface area contributed by atoms with E-state index in [0.29, 0.717) is 11.0 Å². The Labute approximate surface area is 119 Å². The topological polar surface area (TPSA) is 49.8 Å². The van der Waals surface area contributed by atoms with Gasteiger partial charge in [-0.3, -0.25) is 0 Å². The summed E-state index contributed by atoms with van der Waals surface area (Å²) in [5, 5.41) is 13.1. The van der Waals surface area contributed by atoms with Crippen molar-refractivity contribution in [3.63, 3.8) is 0 Å². The number of fused-ring (bicyclic) bond motifs is 1. The molecule has 20 heavy (non-hydrogen) atoms. The number of aromatic nitrogens is 1. The van der Waals surface area contributed by atoms with E-state index >= 15 is 0 Å². The van der Waals surface area contributed by atoms with Crippen LogP contribution in [0.4, 0.5) is 0 Å². The third-order valence-corrected chi connectivity index (χ3v) is 4.10. The molecule has 1 aromatic carbocycles. The minimum atomic E-state index is 0.329. The van der Waals surface area contributed by atoms with Gasteiger partial charge in [0.1, 0.15) is 5.76 Å². The normalized spacial score (nSPS) is 16.4. The molecule has 1 heterocycles. The van der Waals surface area contributed by atoms with Crippen molar-refractivity contribution in [3.05, 3.63) is 52.4 Å². The first-order valence-electron chi connectivity index (χ1n) is 7.03. The summed E-state index contributed by atoms with van der Waals surface area (Å²) in [6, 6.07) is 9.81. The van der Waals surface area contributed by atoms with Crippen molar-refractivity contribution in [2.45, 2.75) is 39.5 Å². The zero-order valence-electron chi connectivity index (χ0n) is 11.9. The van der Waals surface area contributed by atoms with Gasteiger partial charge in [0.25, 0.3) is 0 Å². The molecule has 1 aliphatic carbocycles. The van der Waals surface area contributed by atoms with E-state index in [1.54, 1.807) is 0 Å². The van der Waals surface area contributed by atoms with Crippen LogP contribution in [0.3, 0.4) is 0 Å². The number of nitrogens with zero attached hydrogens (tertiary/aromatic N) is 2. The lowest BCUT2D eigenvalue weighted by Gasteiger charge is -2.28. The molecule has 0 unspecified atom stereocenters. The fraction of sp³-hybridized carbons (Fsp3) is 0.412. The standard InChI is InChI=1S/C17H18N2O/c1-17(2)8-7-14-15(10-17)19-20-16(14)9-12-3-5-13(11-18)6-4-12/h3-6H,7-10H2,1-2H3. The van der Waals surface area contributed by atoms with Crippen LogP contribution < -0.4 is 0 Å². The zero-order chi connectivity index (χ0) is 14.2. The summed E-state index contributed by atoms with van der Waals surface area (Å²) in [7, 11) is 0. The van der Waals surface area contributed by atoms with Crippen LogP contribution in [-0.4, -0.2) is 5.16 Å². The SMILES string of the molecule is CC1(C)CCc2c(noc2Cc2ccc(C#N)cc2)C1. The van der Waals surface area contributed by atoms with E-state index in [2.05, 4.69) is 25.1 Å². The van der Waals surface area contributed by atoms with Gasteiger partial charge < -0.3 is 4.52 Å². The first-order chi connectivity index (χ1) is 9.57. The molecule has 0 saturated heterocycles. The van der Waals surface area contributed by atoms with Crippen molar-refractivity contribution in [3.8, 4) is 6.07 Å². The molecule has 0 spiro atoms. The molecular formula is C17H18N2O. The molecule has 0 aliphatic heterocycles. The molecule has 0 radical (unpaired) electrons. The Morgan fingerprint density at radius 2 is 2.05 bits per heavy atom. The molecule has 0 amide bonds. The van der Waals surface area contributed by atoms with Gasteiger partial charge in [0.15, 0.2) is 0 Å². The predicted molar refractivity (Wildman–Crippen MR) is 76.3 cm³/mol. The van der Waals surface area contributed by atoms with Crippen LogP contribution in [0.15, 0.2) is 28.8 Å². The minimum absolute atomic E-state index is 0.329. The molecule has 102 valence electrons. The second kappa shape index (κ2) is 4.79. The van der Waals surface area contributed by atoms with Gasteiger partial charge in [0, 0.05) is 12.0 Å². The van der Waals surface area contributed by atoms with Crippen LogP contribution in [0.2, 0.25) is 0 Å². The second-order valence-electron chi connectivity index (χ2n) is 6.36. The highest BCUT2D eigenvalue weighted by Gasteiger charge is 2.30. The van der Waals surface area contributed by atoms with Gasteiger partial charge in [-0.05, 0) is 42.4 Å². The maximum atomic E-state index is 8.81. The molecule has 0 atom stereocenters. The van der Waals surface area contributed by atoms with E-state index in [-0.39, 0.29) is 0 Å². The van der Waals surface area contributed by atoms with Crippen LogP contribution >= 0.6 is 0 Å². The Hall–Kier alpha value is -2.08. The molecule has 3 nitrogen and oxygen atoms in total. The van der Waals surface area contributed by atoms with Gasteiger partial charge in [-0.2, -0.15) is 5.26 Å². The van der Waals surface area contributed by atoms with Crippen molar-refractivity contribution >= 4 is 0 Å². The summed E-state index contributed by atoms with van der Waals surface area (Å²) in [6.45, 7) is 4.57. The monoisotopic (exact) mass is 266 g/mol. The van der Waals surface area contributed by atoms with E-state index in [0.717, 1.165) is 36.3 Å².